The summed E-state index contributed by atoms with van der Waals surface area (Å²) in [5, 5.41) is 0.987. The van der Waals surface area contributed by atoms with E-state index in [4.69, 9.17) is 0 Å². The Bertz CT molecular complexity index is 567. The third-order valence-corrected chi connectivity index (χ3v) is 5.89. The molecule has 2 aliphatic heterocycles. The van der Waals surface area contributed by atoms with Crippen LogP contribution < -0.4 is 0 Å². The van der Waals surface area contributed by atoms with Crippen molar-refractivity contribution in [2.75, 3.05) is 27.2 Å². The van der Waals surface area contributed by atoms with E-state index in [1.165, 1.54) is 0 Å². The Labute approximate surface area is 154 Å². The van der Waals surface area contributed by atoms with E-state index in [-0.39, 0.29) is 23.9 Å². The minimum atomic E-state index is -0.348. The highest BCUT2D eigenvalue weighted by Gasteiger charge is 2.48. The number of likely N-dealkylation sites (tertiary alicyclic amines) is 1. The average molecular weight is 447 g/mol. The summed E-state index contributed by atoms with van der Waals surface area (Å²) in [6.45, 7) is 3.19. The number of fused-ring (bicyclic) bond motifs is 2. The van der Waals surface area contributed by atoms with E-state index >= 15 is 0 Å². The van der Waals surface area contributed by atoms with E-state index in [1.807, 2.05) is 23.9 Å². The number of hydrogen-bond acceptors (Lipinski definition) is 4. The number of amides is 2. The zero-order valence-corrected chi connectivity index (χ0v) is 16.7. The molecule has 23 heavy (non-hydrogen) atoms. The van der Waals surface area contributed by atoms with Crippen LogP contribution in [0.2, 0.25) is 0 Å². The van der Waals surface area contributed by atoms with Crippen molar-refractivity contribution in [1.29, 1.82) is 0 Å². The quantitative estimate of drug-likeness (QED) is 0.489. The lowest BCUT2D eigenvalue weighted by Gasteiger charge is -2.39. The largest absolute Gasteiger partial charge is 0.315 e. The van der Waals surface area contributed by atoms with Crippen LogP contribution in [0.15, 0.2) is 11.1 Å². The van der Waals surface area contributed by atoms with Gasteiger partial charge in [-0.15, -0.1) is 0 Å². The Morgan fingerprint density at radius 2 is 2.22 bits per heavy atom. The highest BCUT2D eigenvalue weighted by Crippen LogP contribution is 2.37. The molecule has 2 amide bonds. The number of rotatable bonds is 4. The fourth-order valence-electron chi connectivity index (χ4n) is 2.99. The van der Waals surface area contributed by atoms with Gasteiger partial charge in [-0.3, -0.25) is 14.5 Å². The second-order valence-electron chi connectivity index (χ2n) is 5.98. The summed E-state index contributed by atoms with van der Waals surface area (Å²) in [4.78, 5) is 30.6. The first-order valence-corrected chi connectivity index (χ1v) is 11.1. The SMILES string of the molecule is CC/C=C(\SI)N1CC2CCC(C1=O)N2C(=O)C#CCN(C)C. The number of nitrogens with zero attached hydrogens (tertiary/aromatic N) is 3. The molecule has 5 nitrogen and oxygen atoms in total. The van der Waals surface area contributed by atoms with Crippen molar-refractivity contribution in [3.63, 3.8) is 0 Å². The number of hydrogen-bond donors (Lipinski definition) is 0. The van der Waals surface area contributed by atoms with Crippen LogP contribution >= 0.6 is 30.1 Å². The summed E-state index contributed by atoms with van der Waals surface area (Å²) >= 11 is 2.21. The van der Waals surface area contributed by atoms with Crippen LogP contribution in [0.25, 0.3) is 0 Å². The van der Waals surface area contributed by atoms with Gasteiger partial charge in [0, 0.05) is 27.8 Å². The number of halogens is 1. The number of carbonyl (C=O) groups is 2. The number of carbonyl (C=O) groups excluding carboxylic acids is 2. The molecule has 0 spiro atoms. The van der Waals surface area contributed by atoms with Crippen molar-refractivity contribution in [1.82, 2.24) is 14.7 Å². The lowest BCUT2D eigenvalue weighted by atomic mass is 10.1. The molecule has 2 bridgehead atoms. The number of allylic oxidation sites excluding steroid dienone is 1. The fourth-order valence-corrected chi connectivity index (χ4v) is 4.72. The number of piperazine rings is 1. The molecule has 7 heteroatoms. The first-order valence-electron chi connectivity index (χ1n) is 7.75. The van der Waals surface area contributed by atoms with Crippen molar-refractivity contribution in [3.8, 4) is 11.8 Å². The first kappa shape index (κ1) is 18.6. The molecule has 0 aromatic heterocycles. The van der Waals surface area contributed by atoms with Crippen molar-refractivity contribution in [2.45, 2.75) is 38.3 Å². The lowest BCUT2D eigenvalue weighted by molar-refractivity contribution is -0.146. The van der Waals surface area contributed by atoms with Crippen LogP contribution in [0.1, 0.15) is 26.2 Å². The maximum atomic E-state index is 12.8. The highest BCUT2D eigenvalue weighted by molar-refractivity contribution is 14.2. The molecule has 2 fully saturated rings. The van der Waals surface area contributed by atoms with Gasteiger partial charge in [-0.25, -0.2) is 0 Å². The fraction of sp³-hybridized carbons (Fsp3) is 0.625. The summed E-state index contributed by atoms with van der Waals surface area (Å²) in [5.41, 5.74) is 0. The van der Waals surface area contributed by atoms with Gasteiger partial charge in [0.1, 0.15) is 6.04 Å². The van der Waals surface area contributed by atoms with E-state index in [2.05, 4.69) is 46.0 Å². The summed E-state index contributed by atoms with van der Waals surface area (Å²) in [7, 11) is 5.38. The topological polar surface area (TPSA) is 43.9 Å². The van der Waals surface area contributed by atoms with Crippen LogP contribution in [0.4, 0.5) is 0 Å². The van der Waals surface area contributed by atoms with Gasteiger partial charge in [0.05, 0.1) is 17.6 Å². The average Bonchev–Trinajstić information content (AvgIpc) is 2.86. The minimum absolute atomic E-state index is 0.0328. The zero-order chi connectivity index (χ0) is 17.0. The van der Waals surface area contributed by atoms with Gasteiger partial charge in [-0.1, -0.05) is 18.9 Å². The van der Waals surface area contributed by atoms with Gasteiger partial charge in [-0.05, 0) is 48.2 Å². The van der Waals surface area contributed by atoms with Gasteiger partial charge in [0.2, 0.25) is 5.91 Å². The summed E-state index contributed by atoms with van der Waals surface area (Å²) in [6, 6.07) is -0.263. The van der Waals surface area contributed by atoms with Crippen LogP contribution in [0.5, 0.6) is 0 Å². The third-order valence-electron chi connectivity index (χ3n) is 4.00. The smallest absolute Gasteiger partial charge is 0.299 e. The normalized spacial score (nSPS) is 24.0. The van der Waals surface area contributed by atoms with Gasteiger partial charge < -0.3 is 9.80 Å². The van der Waals surface area contributed by atoms with Crippen molar-refractivity contribution >= 4 is 42.0 Å². The Balaban J connectivity index is 2.14. The molecule has 2 atom stereocenters. The van der Waals surface area contributed by atoms with E-state index in [9.17, 15) is 9.59 Å². The van der Waals surface area contributed by atoms with E-state index in [1.54, 1.807) is 13.8 Å². The van der Waals surface area contributed by atoms with Gasteiger partial charge >= 0.3 is 0 Å². The standard InChI is InChI=1S/C16H22IN3O2S/c1-4-6-15(23-17)19-11-12-8-9-13(16(19)22)20(12)14(21)7-5-10-18(2)3/h6,12-13H,4,8-11H2,1-3H3/b15-6-. The molecule has 0 N–H and O–H groups in total. The zero-order valence-electron chi connectivity index (χ0n) is 13.7. The Morgan fingerprint density at radius 3 is 2.83 bits per heavy atom. The molecule has 0 saturated carbocycles. The minimum Gasteiger partial charge on any atom is -0.315 e. The molecule has 0 aromatic carbocycles. The molecule has 2 unspecified atom stereocenters. The molecule has 0 aromatic rings. The van der Waals surface area contributed by atoms with Crippen molar-refractivity contribution < 1.29 is 9.59 Å². The Morgan fingerprint density at radius 1 is 1.48 bits per heavy atom. The second-order valence-corrected chi connectivity index (χ2v) is 7.87. The maximum absolute atomic E-state index is 12.8. The maximum Gasteiger partial charge on any atom is 0.299 e. The monoisotopic (exact) mass is 447 g/mol. The van der Waals surface area contributed by atoms with Gasteiger partial charge in [0.25, 0.3) is 5.91 Å². The van der Waals surface area contributed by atoms with Crippen molar-refractivity contribution in [2.24, 2.45) is 0 Å². The van der Waals surface area contributed by atoms with Crippen LogP contribution in [0, 0.1) is 11.8 Å². The lowest BCUT2D eigenvalue weighted by Crippen LogP contribution is -2.58. The molecule has 0 radical (unpaired) electrons. The molecule has 126 valence electrons. The first-order chi connectivity index (χ1) is 11.0. The summed E-state index contributed by atoms with van der Waals surface area (Å²) in [6.07, 6.45) is 4.58. The Hall–Kier alpha value is -0.720. The summed E-state index contributed by atoms with van der Waals surface area (Å²) in [5.74, 6) is 5.39. The molecule has 2 heterocycles. The second kappa shape index (κ2) is 8.40. The van der Waals surface area contributed by atoms with E-state index < -0.39 is 0 Å². The van der Waals surface area contributed by atoms with Crippen LogP contribution in [-0.4, -0.2) is 65.8 Å². The third kappa shape index (κ3) is 4.22. The highest BCUT2D eigenvalue weighted by atomic mass is 127. The molecule has 2 rings (SSSR count). The molecule has 2 saturated heterocycles. The van der Waals surface area contributed by atoms with Gasteiger partial charge in [0.15, 0.2) is 0 Å². The van der Waals surface area contributed by atoms with E-state index in [0.717, 1.165) is 24.3 Å². The Kier molecular flexibility index (Phi) is 6.80. The van der Waals surface area contributed by atoms with Crippen LogP contribution in [0.3, 0.4) is 0 Å². The van der Waals surface area contributed by atoms with Crippen LogP contribution in [-0.2, 0) is 9.59 Å². The molecular formula is C16H22IN3O2S. The molecule has 0 aliphatic carbocycles. The predicted octanol–water partition coefficient (Wildman–Crippen LogP) is 2.09. The predicted molar refractivity (Wildman–Crippen MR) is 102 cm³/mol. The van der Waals surface area contributed by atoms with E-state index in [0.29, 0.717) is 13.1 Å². The molecule has 2 aliphatic rings. The van der Waals surface area contributed by atoms with Crippen molar-refractivity contribution in [3.05, 3.63) is 11.1 Å². The summed E-state index contributed by atoms with van der Waals surface area (Å²) < 4.78 is 0. The molecular weight excluding hydrogens is 425 g/mol. The van der Waals surface area contributed by atoms with Gasteiger partial charge in [-0.2, -0.15) is 0 Å².